The predicted octanol–water partition coefficient (Wildman–Crippen LogP) is 3.88. The molecule has 3 aliphatic heterocycles. The molecular weight excluding hydrogens is 474 g/mol. The zero-order valence-corrected chi connectivity index (χ0v) is 19.7. The van der Waals surface area contributed by atoms with Crippen LogP contribution in [0.3, 0.4) is 0 Å². The van der Waals surface area contributed by atoms with E-state index in [4.69, 9.17) is 4.74 Å². The van der Waals surface area contributed by atoms with Crippen LogP contribution in [0.25, 0.3) is 6.08 Å². The van der Waals surface area contributed by atoms with Gasteiger partial charge in [-0.1, -0.05) is 60.7 Å². The van der Waals surface area contributed by atoms with Crippen LogP contribution in [0.15, 0.2) is 78.9 Å². The van der Waals surface area contributed by atoms with Gasteiger partial charge in [0.15, 0.2) is 5.78 Å². The van der Waals surface area contributed by atoms with Crippen LogP contribution >= 0.6 is 0 Å². The second-order valence-electron chi connectivity index (χ2n) is 9.17. The van der Waals surface area contributed by atoms with Crippen LogP contribution in [-0.4, -0.2) is 41.7 Å². The van der Waals surface area contributed by atoms with Crippen molar-refractivity contribution in [3.8, 4) is 5.75 Å². The molecule has 184 valence electrons. The van der Waals surface area contributed by atoms with E-state index >= 15 is 0 Å². The number of imide groups is 1. The van der Waals surface area contributed by atoms with E-state index in [0.717, 1.165) is 22.2 Å². The minimum atomic E-state index is -0.981. The van der Waals surface area contributed by atoms with Crippen molar-refractivity contribution in [2.45, 2.75) is 12.1 Å². The van der Waals surface area contributed by atoms with Gasteiger partial charge in [-0.2, -0.15) is 0 Å². The fraction of sp³-hybridized carbons (Fsp3) is 0.179. The number of methoxy groups -OCH3 is 1. The Morgan fingerprint density at radius 1 is 0.919 bits per heavy atom. The van der Waals surface area contributed by atoms with Crippen LogP contribution in [-0.2, 0) is 9.59 Å². The largest absolute Gasteiger partial charge is 0.495 e. The molecule has 0 bridgehead atoms. The smallest absolute Gasteiger partial charge is 0.271 e. The van der Waals surface area contributed by atoms with Gasteiger partial charge in [-0.15, -0.1) is 0 Å². The first kappa shape index (κ1) is 22.7. The van der Waals surface area contributed by atoms with E-state index in [2.05, 4.69) is 0 Å². The van der Waals surface area contributed by atoms with Gasteiger partial charge in [0.05, 0.1) is 29.9 Å². The van der Waals surface area contributed by atoms with Crippen molar-refractivity contribution in [2.75, 3.05) is 16.9 Å². The standard InChI is InChI=1S/C28H21N3O6/c1-37-22-14-12-18(31(35)36)15-21(22)30-27(33)23-20-13-11-16-7-5-6-10-19(16)29(20)25(24(23)28(30)34)26(32)17-8-3-2-4-9-17/h2-15,20,23-25H,1H3/t20-,23+,24-,25+/m1/s1. The zero-order valence-electron chi connectivity index (χ0n) is 19.7. The molecule has 0 saturated carbocycles. The summed E-state index contributed by atoms with van der Waals surface area (Å²) in [5.41, 5.74) is 1.82. The van der Waals surface area contributed by atoms with Gasteiger partial charge in [0.2, 0.25) is 11.8 Å². The maximum absolute atomic E-state index is 14.0. The Morgan fingerprint density at radius 3 is 2.35 bits per heavy atom. The first-order valence-electron chi connectivity index (χ1n) is 11.8. The first-order chi connectivity index (χ1) is 17.9. The van der Waals surface area contributed by atoms with Gasteiger partial charge >= 0.3 is 0 Å². The summed E-state index contributed by atoms with van der Waals surface area (Å²) in [6.45, 7) is 0. The molecule has 0 radical (unpaired) electrons. The highest BCUT2D eigenvalue weighted by atomic mass is 16.6. The third-order valence-corrected chi connectivity index (χ3v) is 7.36. The summed E-state index contributed by atoms with van der Waals surface area (Å²) in [7, 11) is 1.36. The van der Waals surface area contributed by atoms with Crippen LogP contribution in [0.4, 0.5) is 17.1 Å². The Hall–Kier alpha value is -4.79. The summed E-state index contributed by atoms with van der Waals surface area (Å²) >= 11 is 0. The van der Waals surface area contributed by atoms with E-state index < -0.39 is 40.7 Å². The minimum Gasteiger partial charge on any atom is -0.495 e. The second kappa shape index (κ2) is 8.41. The molecule has 9 heteroatoms. The van der Waals surface area contributed by atoms with E-state index in [1.165, 1.54) is 19.2 Å². The number of para-hydroxylation sites is 1. The van der Waals surface area contributed by atoms with Gasteiger partial charge in [0.1, 0.15) is 17.5 Å². The molecule has 0 unspecified atom stereocenters. The number of nitro benzene ring substituents is 1. The van der Waals surface area contributed by atoms with Gasteiger partial charge in [0.25, 0.3) is 5.69 Å². The normalized spacial score (nSPS) is 23.5. The molecule has 3 aromatic carbocycles. The van der Waals surface area contributed by atoms with Gasteiger partial charge in [-0.25, -0.2) is 4.90 Å². The average molecular weight is 495 g/mol. The molecule has 9 nitrogen and oxygen atoms in total. The van der Waals surface area contributed by atoms with Gasteiger partial charge < -0.3 is 9.64 Å². The number of hydrogen-bond donors (Lipinski definition) is 0. The minimum absolute atomic E-state index is 0.00116. The Bertz CT molecular complexity index is 1500. The lowest BCUT2D eigenvalue weighted by molar-refractivity contribution is -0.384. The fourth-order valence-corrected chi connectivity index (χ4v) is 5.79. The molecule has 3 aromatic rings. The van der Waals surface area contributed by atoms with Crippen molar-refractivity contribution in [3.05, 3.63) is 100 Å². The summed E-state index contributed by atoms with van der Waals surface area (Å²) in [6, 6.07) is 18.5. The predicted molar refractivity (Wildman–Crippen MR) is 135 cm³/mol. The summed E-state index contributed by atoms with van der Waals surface area (Å²) in [5, 5.41) is 11.4. The third-order valence-electron chi connectivity index (χ3n) is 7.36. The number of benzene rings is 3. The average Bonchev–Trinajstić information content (AvgIpc) is 3.40. The highest BCUT2D eigenvalue weighted by Gasteiger charge is 2.64. The molecule has 4 atom stereocenters. The first-order valence-corrected chi connectivity index (χ1v) is 11.8. The van der Waals surface area contributed by atoms with Crippen molar-refractivity contribution in [1.82, 2.24) is 0 Å². The third kappa shape index (κ3) is 3.27. The van der Waals surface area contributed by atoms with Crippen LogP contribution in [0.1, 0.15) is 15.9 Å². The SMILES string of the molecule is COc1ccc([N+](=O)[O-])cc1N1C(=O)[C@@H]2[C@@H](C1=O)[C@@H](C(=O)c1ccccc1)N1c3ccccc3C=C[C@H]21. The number of ketones is 1. The van der Waals surface area contributed by atoms with E-state index in [1.807, 2.05) is 41.3 Å². The number of Topliss-reactive ketones (excluding diaryl/α,β-unsaturated/α-hetero) is 1. The molecule has 0 spiro atoms. The molecule has 3 heterocycles. The second-order valence-corrected chi connectivity index (χ2v) is 9.17. The summed E-state index contributed by atoms with van der Waals surface area (Å²) in [4.78, 5) is 55.6. The molecule has 0 aliphatic carbocycles. The van der Waals surface area contributed by atoms with E-state index in [0.29, 0.717) is 5.56 Å². The summed E-state index contributed by atoms with van der Waals surface area (Å²) < 4.78 is 5.35. The van der Waals surface area contributed by atoms with Crippen LogP contribution < -0.4 is 14.5 Å². The number of fused-ring (bicyclic) bond motifs is 5. The number of non-ortho nitro benzene ring substituents is 1. The number of amides is 2. The lowest BCUT2D eigenvalue weighted by atomic mass is 9.86. The molecule has 0 aromatic heterocycles. The quantitative estimate of drug-likeness (QED) is 0.229. The molecule has 2 fully saturated rings. The number of nitro groups is 1. The fourth-order valence-electron chi connectivity index (χ4n) is 5.79. The van der Waals surface area contributed by atoms with E-state index in [-0.39, 0.29) is 22.9 Å². The number of carbonyl (C=O) groups excluding carboxylic acids is 3. The number of ether oxygens (including phenoxy) is 1. The van der Waals surface area contributed by atoms with Crippen molar-refractivity contribution >= 4 is 40.7 Å². The summed E-state index contributed by atoms with van der Waals surface area (Å²) in [6.07, 6.45) is 3.76. The lowest BCUT2D eigenvalue weighted by Crippen LogP contribution is -2.48. The number of nitrogens with zero attached hydrogens (tertiary/aromatic N) is 3. The maximum Gasteiger partial charge on any atom is 0.271 e. The molecule has 2 amide bonds. The monoisotopic (exact) mass is 495 g/mol. The van der Waals surface area contributed by atoms with Gasteiger partial charge in [-0.05, 0) is 17.7 Å². The topological polar surface area (TPSA) is 110 Å². The van der Waals surface area contributed by atoms with Gasteiger partial charge in [-0.3, -0.25) is 24.5 Å². The van der Waals surface area contributed by atoms with Crippen LogP contribution in [0.2, 0.25) is 0 Å². The van der Waals surface area contributed by atoms with Crippen LogP contribution in [0.5, 0.6) is 5.75 Å². The molecule has 6 rings (SSSR count). The Balaban J connectivity index is 1.51. The highest BCUT2D eigenvalue weighted by Crippen LogP contribution is 2.51. The molecule has 3 aliphatic rings. The Morgan fingerprint density at radius 2 is 1.62 bits per heavy atom. The number of hydrogen-bond acceptors (Lipinski definition) is 7. The molecule has 37 heavy (non-hydrogen) atoms. The zero-order chi connectivity index (χ0) is 25.8. The maximum atomic E-state index is 14.0. The number of rotatable bonds is 5. The number of carbonyl (C=O) groups is 3. The van der Waals surface area contributed by atoms with E-state index in [9.17, 15) is 24.5 Å². The summed E-state index contributed by atoms with van der Waals surface area (Å²) in [5.74, 6) is -3.04. The van der Waals surface area contributed by atoms with Crippen molar-refractivity contribution in [2.24, 2.45) is 11.8 Å². The molecule has 0 N–H and O–H groups in total. The van der Waals surface area contributed by atoms with Crippen molar-refractivity contribution in [1.29, 1.82) is 0 Å². The van der Waals surface area contributed by atoms with Crippen molar-refractivity contribution in [3.63, 3.8) is 0 Å². The van der Waals surface area contributed by atoms with Crippen molar-refractivity contribution < 1.29 is 24.0 Å². The molecule has 2 saturated heterocycles. The lowest BCUT2D eigenvalue weighted by Gasteiger charge is -2.36. The van der Waals surface area contributed by atoms with E-state index in [1.54, 1.807) is 30.3 Å². The Kier molecular flexibility index (Phi) is 5.15. The highest BCUT2D eigenvalue weighted by molar-refractivity contribution is 6.26. The van der Waals surface area contributed by atoms with Crippen LogP contribution in [0, 0.1) is 22.0 Å². The number of anilines is 2. The van der Waals surface area contributed by atoms with Gasteiger partial charge in [0, 0.05) is 23.4 Å². The Labute approximate surface area is 211 Å². The molecular formula is C28H21N3O6.